The summed E-state index contributed by atoms with van der Waals surface area (Å²) in [7, 11) is 0. The topological polar surface area (TPSA) is 72.9 Å². The Morgan fingerprint density at radius 2 is 2.24 bits per heavy atom. The fourth-order valence-corrected chi connectivity index (χ4v) is 2.44. The standard InChI is InChI=1S/C11H19N3O3/c1-11(2,9(15)16)7-13-3-4-14-8(6-13)5-12-10(14)17/h8H,3-7H2,1-2H3,(H,12,17)(H,15,16). The van der Waals surface area contributed by atoms with Crippen LogP contribution in [0.4, 0.5) is 4.79 Å². The lowest BCUT2D eigenvalue weighted by atomic mass is 9.92. The lowest BCUT2D eigenvalue weighted by Crippen LogP contribution is -2.54. The van der Waals surface area contributed by atoms with Gasteiger partial charge in [0.1, 0.15) is 0 Å². The van der Waals surface area contributed by atoms with Crippen LogP contribution in [0, 0.1) is 5.41 Å². The van der Waals surface area contributed by atoms with Crippen LogP contribution in [0.25, 0.3) is 0 Å². The van der Waals surface area contributed by atoms with Gasteiger partial charge in [-0.15, -0.1) is 0 Å². The zero-order valence-electron chi connectivity index (χ0n) is 10.3. The van der Waals surface area contributed by atoms with E-state index < -0.39 is 11.4 Å². The molecule has 0 radical (unpaired) electrons. The quantitative estimate of drug-likeness (QED) is 0.718. The number of urea groups is 1. The zero-order chi connectivity index (χ0) is 12.6. The highest BCUT2D eigenvalue weighted by atomic mass is 16.4. The molecule has 0 bridgehead atoms. The van der Waals surface area contributed by atoms with Gasteiger partial charge in [0.2, 0.25) is 0 Å². The molecule has 2 amide bonds. The lowest BCUT2D eigenvalue weighted by molar-refractivity contribution is -0.148. The predicted octanol–water partition coefficient (Wildman–Crippen LogP) is -0.193. The highest BCUT2D eigenvalue weighted by molar-refractivity contribution is 5.77. The number of rotatable bonds is 3. The Hall–Kier alpha value is -1.30. The van der Waals surface area contributed by atoms with E-state index in [1.807, 2.05) is 4.90 Å². The average Bonchev–Trinajstić information content (AvgIpc) is 2.59. The normalized spacial score (nSPS) is 25.6. The van der Waals surface area contributed by atoms with Crippen molar-refractivity contribution in [2.24, 2.45) is 5.41 Å². The van der Waals surface area contributed by atoms with Crippen molar-refractivity contribution < 1.29 is 14.7 Å². The molecule has 2 heterocycles. The van der Waals surface area contributed by atoms with Crippen LogP contribution in [-0.4, -0.2) is 65.7 Å². The van der Waals surface area contributed by atoms with Gasteiger partial charge in [-0.2, -0.15) is 0 Å². The smallest absolute Gasteiger partial charge is 0.317 e. The van der Waals surface area contributed by atoms with Gasteiger partial charge in [0.15, 0.2) is 0 Å². The van der Waals surface area contributed by atoms with Gasteiger partial charge in [-0.3, -0.25) is 9.69 Å². The summed E-state index contributed by atoms with van der Waals surface area (Å²) >= 11 is 0. The number of carboxylic acids is 1. The summed E-state index contributed by atoms with van der Waals surface area (Å²) in [4.78, 5) is 26.5. The minimum absolute atomic E-state index is 0.00662. The van der Waals surface area contributed by atoms with Crippen molar-refractivity contribution in [3.8, 4) is 0 Å². The molecular weight excluding hydrogens is 222 g/mol. The Morgan fingerprint density at radius 1 is 1.53 bits per heavy atom. The van der Waals surface area contributed by atoms with Crippen molar-refractivity contribution in [3.05, 3.63) is 0 Å². The largest absolute Gasteiger partial charge is 0.481 e. The van der Waals surface area contributed by atoms with Gasteiger partial charge in [0.05, 0.1) is 11.5 Å². The number of nitrogens with zero attached hydrogens (tertiary/aromatic N) is 2. The molecule has 2 saturated heterocycles. The van der Waals surface area contributed by atoms with Gasteiger partial charge in [0.25, 0.3) is 0 Å². The summed E-state index contributed by atoms with van der Waals surface area (Å²) in [6.07, 6.45) is 0. The number of aliphatic carboxylic acids is 1. The number of carboxylic acid groups (broad SMARTS) is 1. The van der Waals surface area contributed by atoms with Crippen LogP contribution < -0.4 is 5.32 Å². The predicted molar refractivity (Wildman–Crippen MR) is 61.7 cm³/mol. The molecule has 0 aliphatic carbocycles. The number of amides is 2. The lowest BCUT2D eigenvalue weighted by Gasteiger charge is -2.39. The molecule has 0 aromatic carbocycles. The Balaban J connectivity index is 1.94. The molecular formula is C11H19N3O3. The number of nitrogens with one attached hydrogen (secondary N) is 1. The molecule has 6 nitrogen and oxygen atoms in total. The Morgan fingerprint density at radius 3 is 2.88 bits per heavy atom. The molecule has 2 N–H and O–H groups in total. The number of fused-ring (bicyclic) bond motifs is 1. The number of hydrogen-bond acceptors (Lipinski definition) is 3. The molecule has 1 atom stereocenters. The maximum Gasteiger partial charge on any atom is 0.317 e. The van der Waals surface area contributed by atoms with Crippen LogP contribution in [0.2, 0.25) is 0 Å². The van der Waals surface area contributed by atoms with Crippen LogP contribution >= 0.6 is 0 Å². The van der Waals surface area contributed by atoms with Crippen molar-refractivity contribution in [3.63, 3.8) is 0 Å². The van der Waals surface area contributed by atoms with Crippen LogP contribution in [0.15, 0.2) is 0 Å². The second-order valence-electron chi connectivity index (χ2n) is 5.46. The summed E-state index contributed by atoms with van der Waals surface area (Å²) in [5.74, 6) is -0.777. The van der Waals surface area contributed by atoms with E-state index in [1.165, 1.54) is 0 Å². The van der Waals surface area contributed by atoms with Crippen molar-refractivity contribution >= 4 is 12.0 Å². The fourth-order valence-electron chi connectivity index (χ4n) is 2.44. The highest BCUT2D eigenvalue weighted by Gasteiger charge is 2.38. The summed E-state index contributed by atoms with van der Waals surface area (Å²) in [6.45, 7) is 6.87. The van der Waals surface area contributed by atoms with Crippen molar-refractivity contribution in [2.45, 2.75) is 19.9 Å². The molecule has 0 aromatic heterocycles. The van der Waals surface area contributed by atoms with E-state index in [1.54, 1.807) is 13.8 Å². The summed E-state index contributed by atoms with van der Waals surface area (Å²) in [6, 6.07) is 0.202. The van der Waals surface area contributed by atoms with Gasteiger partial charge < -0.3 is 15.3 Å². The van der Waals surface area contributed by atoms with E-state index in [0.29, 0.717) is 19.6 Å². The molecule has 96 valence electrons. The number of piperazine rings is 1. The van der Waals surface area contributed by atoms with E-state index >= 15 is 0 Å². The third-order valence-corrected chi connectivity index (χ3v) is 3.51. The summed E-state index contributed by atoms with van der Waals surface area (Å²) in [5, 5.41) is 11.9. The number of carbonyl (C=O) groups excluding carboxylic acids is 1. The van der Waals surface area contributed by atoms with Crippen LogP contribution in [0.3, 0.4) is 0 Å². The average molecular weight is 241 g/mol. The van der Waals surface area contributed by atoms with E-state index in [0.717, 1.165) is 13.1 Å². The first-order chi connectivity index (χ1) is 7.90. The van der Waals surface area contributed by atoms with Gasteiger partial charge in [-0.05, 0) is 13.8 Å². The van der Waals surface area contributed by atoms with E-state index in [-0.39, 0.29) is 12.1 Å². The fraction of sp³-hybridized carbons (Fsp3) is 0.818. The number of hydrogen-bond donors (Lipinski definition) is 2. The maximum absolute atomic E-state index is 11.4. The van der Waals surface area contributed by atoms with Crippen molar-refractivity contribution in [2.75, 3.05) is 32.7 Å². The van der Waals surface area contributed by atoms with E-state index in [2.05, 4.69) is 10.2 Å². The molecule has 2 fully saturated rings. The Kier molecular flexibility index (Phi) is 2.99. The van der Waals surface area contributed by atoms with Crippen LogP contribution in [-0.2, 0) is 4.79 Å². The number of carbonyl (C=O) groups is 2. The van der Waals surface area contributed by atoms with Crippen molar-refractivity contribution in [1.29, 1.82) is 0 Å². The van der Waals surface area contributed by atoms with Crippen molar-refractivity contribution in [1.82, 2.24) is 15.1 Å². The molecule has 2 aliphatic heterocycles. The first-order valence-corrected chi connectivity index (χ1v) is 5.90. The molecule has 0 spiro atoms. The van der Waals surface area contributed by atoms with Gasteiger partial charge in [0, 0.05) is 32.7 Å². The first-order valence-electron chi connectivity index (χ1n) is 5.90. The monoisotopic (exact) mass is 241 g/mol. The third kappa shape index (κ3) is 2.36. The maximum atomic E-state index is 11.4. The second kappa shape index (κ2) is 4.18. The molecule has 0 aromatic rings. The molecule has 17 heavy (non-hydrogen) atoms. The summed E-state index contributed by atoms with van der Waals surface area (Å²) < 4.78 is 0. The Bertz CT molecular complexity index is 343. The third-order valence-electron chi connectivity index (χ3n) is 3.51. The summed E-state index contributed by atoms with van der Waals surface area (Å²) in [5.41, 5.74) is -0.738. The second-order valence-corrected chi connectivity index (χ2v) is 5.46. The highest BCUT2D eigenvalue weighted by Crippen LogP contribution is 2.21. The van der Waals surface area contributed by atoms with Crippen LogP contribution in [0.1, 0.15) is 13.8 Å². The van der Waals surface area contributed by atoms with Gasteiger partial charge in [-0.1, -0.05) is 0 Å². The molecule has 2 aliphatic rings. The molecule has 2 rings (SSSR count). The van der Waals surface area contributed by atoms with Crippen LogP contribution in [0.5, 0.6) is 0 Å². The minimum atomic E-state index is -0.777. The first kappa shape index (κ1) is 12.2. The molecule has 1 unspecified atom stereocenters. The SMILES string of the molecule is CC(C)(CN1CCN2C(=O)NCC2C1)C(=O)O. The Labute approximate surface area is 101 Å². The molecule has 0 saturated carbocycles. The minimum Gasteiger partial charge on any atom is -0.481 e. The van der Waals surface area contributed by atoms with E-state index in [9.17, 15) is 9.59 Å². The van der Waals surface area contributed by atoms with E-state index in [4.69, 9.17) is 5.11 Å². The van der Waals surface area contributed by atoms with Gasteiger partial charge >= 0.3 is 12.0 Å². The van der Waals surface area contributed by atoms with Gasteiger partial charge in [-0.25, -0.2) is 4.79 Å². The molecule has 6 heteroatoms. The zero-order valence-corrected chi connectivity index (χ0v) is 10.3.